The van der Waals surface area contributed by atoms with Crippen molar-refractivity contribution in [2.75, 3.05) is 32.1 Å². The summed E-state index contributed by atoms with van der Waals surface area (Å²) < 4.78 is 0. The van der Waals surface area contributed by atoms with E-state index in [4.69, 9.17) is 16.7 Å². The Balaban J connectivity index is 2.27. The molecule has 0 saturated carbocycles. The smallest absolute Gasteiger partial charge is 0.356 e. The second-order valence-electron chi connectivity index (χ2n) is 6.15. The SMILES string of the molecule is CC(C)[C@H]1CN(c2ccc(Cl)c(C(=O)O)n2)C[C@@H]1N(C)C. The van der Waals surface area contributed by atoms with Crippen LogP contribution in [0.5, 0.6) is 0 Å². The van der Waals surface area contributed by atoms with Gasteiger partial charge in [-0.1, -0.05) is 25.4 Å². The van der Waals surface area contributed by atoms with Crippen molar-refractivity contribution in [2.24, 2.45) is 11.8 Å². The van der Waals surface area contributed by atoms with Crippen molar-refractivity contribution in [1.29, 1.82) is 0 Å². The molecule has 5 nitrogen and oxygen atoms in total. The third-order valence-corrected chi connectivity index (χ3v) is 4.52. The van der Waals surface area contributed by atoms with Gasteiger partial charge in [0.2, 0.25) is 0 Å². The quantitative estimate of drug-likeness (QED) is 0.925. The molecule has 1 aromatic rings. The van der Waals surface area contributed by atoms with Crippen LogP contribution in [0.15, 0.2) is 12.1 Å². The molecule has 0 radical (unpaired) electrons. The fourth-order valence-electron chi connectivity index (χ4n) is 2.96. The zero-order chi connectivity index (χ0) is 15.7. The second-order valence-corrected chi connectivity index (χ2v) is 6.56. The highest BCUT2D eigenvalue weighted by molar-refractivity contribution is 6.33. The van der Waals surface area contributed by atoms with Gasteiger partial charge in [-0.05, 0) is 38.1 Å². The van der Waals surface area contributed by atoms with Crippen LogP contribution < -0.4 is 4.90 Å². The number of aromatic nitrogens is 1. The van der Waals surface area contributed by atoms with Crippen LogP contribution in [-0.2, 0) is 0 Å². The Kier molecular flexibility index (Phi) is 4.74. The molecule has 0 amide bonds. The van der Waals surface area contributed by atoms with Crippen LogP contribution in [0.3, 0.4) is 0 Å². The van der Waals surface area contributed by atoms with Gasteiger partial charge in [0.1, 0.15) is 5.82 Å². The van der Waals surface area contributed by atoms with Crippen LogP contribution in [0.4, 0.5) is 5.82 Å². The maximum atomic E-state index is 11.2. The van der Waals surface area contributed by atoms with Crippen LogP contribution in [0.25, 0.3) is 0 Å². The summed E-state index contributed by atoms with van der Waals surface area (Å²) in [6.07, 6.45) is 0. The Bertz CT molecular complexity index is 518. The normalized spacial score (nSPS) is 22.3. The molecule has 1 aliphatic rings. The van der Waals surface area contributed by atoms with E-state index < -0.39 is 5.97 Å². The molecule has 0 aliphatic carbocycles. The summed E-state index contributed by atoms with van der Waals surface area (Å²) >= 11 is 5.89. The summed E-state index contributed by atoms with van der Waals surface area (Å²) in [6, 6.07) is 3.85. The van der Waals surface area contributed by atoms with Crippen LogP contribution in [0.1, 0.15) is 24.3 Å². The predicted octanol–water partition coefficient (Wildman–Crippen LogP) is 2.46. The maximum Gasteiger partial charge on any atom is 0.356 e. The first-order valence-electron chi connectivity index (χ1n) is 7.12. The highest BCUT2D eigenvalue weighted by Gasteiger charge is 2.36. The van der Waals surface area contributed by atoms with E-state index in [1.807, 2.05) is 0 Å². The molecule has 2 atom stereocenters. The minimum atomic E-state index is -1.09. The van der Waals surface area contributed by atoms with Crippen molar-refractivity contribution in [2.45, 2.75) is 19.9 Å². The largest absolute Gasteiger partial charge is 0.476 e. The summed E-state index contributed by atoms with van der Waals surface area (Å²) in [4.78, 5) is 19.8. The van der Waals surface area contributed by atoms with Gasteiger partial charge in [-0.3, -0.25) is 0 Å². The number of hydrogen-bond acceptors (Lipinski definition) is 4. The van der Waals surface area contributed by atoms with Crippen LogP contribution >= 0.6 is 11.6 Å². The molecule has 2 rings (SSSR count). The van der Waals surface area contributed by atoms with Crippen LogP contribution in [-0.4, -0.2) is 54.2 Å². The number of nitrogens with zero attached hydrogens (tertiary/aromatic N) is 3. The Hall–Kier alpha value is -1.33. The fourth-order valence-corrected chi connectivity index (χ4v) is 3.14. The molecule has 21 heavy (non-hydrogen) atoms. The van der Waals surface area contributed by atoms with E-state index in [0.29, 0.717) is 23.7 Å². The Labute approximate surface area is 130 Å². The van der Waals surface area contributed by atoms with Gasteiger partial charge in [-0.2, -0.15) is 0 Å². The zero-order valence-corrected chi connectivity index (χ0v) is 13.6. The number of anilines is 1. The highest BCUT2D eigenvalue weighted by atomic mass is 35.5. The predicted molar refractivity (Wildman–Crippen MR) is 84.2 cm³/mol. The summed E-state index contributed by atoms with van der Waals surface area (Å²) in [7, 11) is 4.17. The molecule has 6 heteroatoms. The second kappa shape index (κ2) is 6.20. The average molecular weight is 312 g/mol. The lowest BCUT2D eigenvalue weighted by molar-refractivity contribution is 0.0691. The van der Waals surface area contributed by atoms with E-state index in [-0.39, 0.29) is 10.7 Å². The van der Waals surface area contributed by atoms with E-state index >= 15 is 0 Å². The van der Waals surface area contributed by atoms with Crippen molar-refractivity contribution in [3.8, 4) is 0 Å². The molecule has 1 aliphatic heterocycles. The molecule has 1 fully saturated rings. The van der Waals surface area contributed by atoms with Gasteiger partial charge in [0, 0.05) is 19.1 Å². The lowest BCUT2D eigenvalue weighted by atomic mass is 9.91. The van der Waals surface area contributed by atoms with E-state index in [1.54, 1.807) is 12.1 Å². The maximum absolute atomic E-state index is 11.2. The number of rotatable bonds is 4. The number of aromatic carboxylic acids is 1. The number of carbonyl (C=O) groups is 1. The summed E-state index contributed by atoms with van der Waals surface area (Å²) in [5.74, 6) is 0.691. The topological polar surface area (TPSA) is 56.7 Å². The van der Waals surface area contributed by atoms with Gasteiger partial charge >= 0.3 is 5.97 Å². The standard InChI is InChI=1S/C15H22ClN3O2/c1-9(2)10-7-19(8-12(10)18(3)4)13-6-5-11(16)14(17-13)15(20)21/h5-6,9-10,12H,7-8H2,1-4H3,(H,20,21)/t10-,12+/m1/s1. The number of hydrogen-bond donors (Lipinski definition) is 1. The zero-order valence-electron chi connectivity index (χ0n) is 12.9. The number of carboxylic acid groups (broad SMARTS) is 1. The van der Waals surface area contributed by atoms with Gasteiger partial charge in [0.15, 0.2) is 5.69 Å². The molecule has 0 spiro atoms. The molecule has 0 aromatic carbocycles. The Morgan fingerprint density at radius 1 is 1.43 bits per heavy atom. The van der Waals surface area contributed by atoms with Crippen molar-refractivity contribution in [3.63, 3.8) is 0 Å². The fraction of sp³-hybridized carbons (Fsp3) is 0.600. The summed E-state index contributed by atoms with van der Waals surface area (Å²) in [6.45, 7) is 6.18. The summed E-state index contributed by atoms with van der Waals surface area (Å²) in [5.41, 5.74) is -0.0800. The van der Waals surface area contributed by atoms with Crippen LogP contribution in [0.2, 0.25) is 5.02 Å². The van der Waals surface area contributed by atoms with E-state index in [1.165, 1.54) is 0 Å². The third kappa shape index (κ3) is 3.30. The first-order chi connectivity index (χ1) is 9.81. The number of halogens is 1. The minimum Gasteiger partial charge on any atom is -0.476 e. The summed E-state index contributed by atoms with van der Waals surface area (Å²) in [5, 5.41) is 9.32. The lowest BCUT2D eigenvalue weighted by Gasteiger charge is -2.27. The van der Waals surface area contributed by atoms with E-state index in [9.17, 15) is 4.79 Å². The number of likely N-dealkylation sites (N-methyl/N-ethyl adjacent to an activating group) is 1. The first kappa shape index (κ1) is 16.0. The minimum absolute atomic E-state index is 0.0800. The molecule has 1 saturated heterocycles. The molecule has 1 aromatic heterocycles. The molecule has 1 N–H and O–H groups in total. The van der Waals surface area contributed by atoms with Crippen LogP contribution in [0, 0.1) is 11.8 Å². The molecule has 0 unspecified atom stereocenters. The van der Waals surface area contributed by atoms with E-state index in [2.05, 4.69) is 42.7 Å². The lowest BCUT2D eigenvalue weighted by Crippen LogP contribution is -2.37. The highest BCUT2D eigenvalue weighted by Crippen LogP contribution is 2.31. The number of pyridine rings is 1. The van der Waals surface area contributed by atoms with Crippen molar-refractivity contribution in [3.05, 3.63) is 22.8 Å². The van der Waals surface area contributed by atoms with Gasteiger partial charge in [0.25, 0.3) is 0 Å². The van der Waals surface area contributed by atoms with Gasteiger partial charge in [-0.15, -0.1) is 0 Å². The average Bonchev–Trinajstić information content (AvgIpc) is 2.84. The monoisotopic (exact) mass is 311 g/mol. The van der Waals surface area contributed by atoms with Crippen molar-refractivity contribution < 1.29 is 9.90 Å². The van der Waals surface area contributed by atoms with Gasteiger partial charge in [-0.25, -0.2) is 9.78 Å². The third-order valence-electron chi connectivity index (χ3n) is 4.21. The van der Waals surface area contributed by atoms with Gasteiger partial charge < -0.3 is 14.9 Å². The Morgan fingerprint density at radius 2 is 2.10 bits per heavy atom. The number of carboxylic acids is 1. The first-order valence-corrected chi connectivity index (χ1v) is 7.50. The van der Waals surface area contributed by atoms with Crippen molar-refractivity contribution in [1.82, 2.24) is 9.88 Å². The van der Waals surface area contributed by atoms with Gasteiger partial charge in [0.05, 0.1) is 5.02 Å². The molecule has 2 heterocycles. The van der Waals surface area contributed by atoms with E-state index in [0.717, 1.165) is 13.1 Å². The molecular formula is C15H22ClN3O2. The Morgan fingerprint density at radius 3 is 2.57 bits per heavy atom. The molecule has 116 valence electrons. The molecular weight excluding hydrogens is 290 g/mol. The molecule has 0 bridgehead atoms. The van der Waals surface area contributed by atoms with Crippen molar-refractivity contribution >= 4 is 23.4 Å².